The standard InChI is InChI=1S/C61H106O5/c1-4-7-10-13-16-19-22-25-28-30-31-32-34-37-40-43-46-49-52-55-61(63)66-58-59(64-56-53-50-47-44-41-38-35-29-26-23-20-17-14-11-8-5-2)57-65-60(62)54-51-48-45-42-39-36-33-27-24-21-18-15-12-9-6-3/h9,12,16,18-19,21,25,27-28,31-33,37,40,59H,4-8,10-11,13-15,17,20,22-24,26,29-30,34-36,38-39,41-58H2,1-3H3/b12-9-,19-16-,21-18-,28-25-,32-31-,33-27-,40-37-/t59-/m1/s1. The predicted octanol–water partition coefficient (Wildman–Crippen LogP) is 19.2. The first kappa shape index (κ1) is 63.1. The van der Waals surface area contributed by atoms with Crippen molar-refractivity contribution in [2.45, 2.75) is 271 Å². The minimum Gasteiger partial charge on any atom is -0.463 e. The fourth-order valence-electron chi connectivity index (χ4n) is 7.72. The van der Waals surface area contributed by atoms with Gasteiger partial charge in [-0.05, 0) is 96.3 Å². The van der Waals surface area contributed by atoms with Crippen LogP contribution in [0.15, 0.2) is 85.1 Å². The van der Waals surface area contributed by atoms with Gasteiger partial charge in [0.1, 0.15) is 19.3 Å². The van der Waals surface area contributed by atoms with E-state index in [0.717, 1.165) is 103 Å². The van der Waals surface area contributed by atoms with Gasteiger partial charge in [0.2, 0.25) is 0 Å². The molecule has 1 atom stereocenters. The summed E-state index contributed by atoms with van der Waals surface area (Å²) in [7, 11) is 0. The molecule has 0 amide bonds. The van der Waals surface area contributed by atoms with E-state index in [1.165, 1.54) is 128 Å². The van der Waals surface area contributed by atoms with Crippen LogP contribution in [0, 0.1) is 0 Å². The first-order valence-electron chi connectivity index (χ1n) is 28.1. The summed E-state index contributed by atoms with van der Waals surface area (Å²) in [5.74, 6) is -0.384. The van der Waals surface area contributed by atoms with Crippen LogP contribution in [0.4, 0.5) is 0 Å². The third-order valence-electron chi connectivity index (χ3n) is 12.0. The molecule has 0 bridgehead atoms. The van der Waals surface area contributed by atoms with E-state index in [4.69, 9.17) is 14.2 Å². The quantitative estimate of drug-likeness (QED) is 0.0346. The fraction of sp³-hybridized carbons (Fsp3) is 0.738. The molecule has 0 aromatic carbocycles. The molecule has 66 heavy (non-hydrogen) atoms. The third-order valence-corrected chi connectivity index (χ3v) is 12.0. The SMILES string of the molecule is CC/C=C\C/C=C\C/C=C\CCCCCCCC(=O)OC[C@H](COC(=O)CCCCC/C=C\C/C=C\C/C=C\C/C=C\CCCCC)OCCCCCCCCCCCCCCCCCC. The Labute approximate surface area is 409 Å². The van der Waals surface area contributed by atoms with Crippen molar-refractivity contribution in [3.05, 3.63) is 85.1 Å². The van der Waals surface area contributed by atoms with Crippen LogP contribution in [0.2, 0.25) is 0 Å². The largest absolute Gasteiger partial charge is 0.463 e. The molecule has 0 N–H and O–H groups in total. The van der Waals surface area contributed by atoms with Gasteiger partial charge < -0.3 is 14.2 Å². The fourth-order valence-corrected chi connectivity index (χ4v) is 7.72. The molecule has 0 fully saturated rings. The number of hydrogen-bond donors (Lipinski definition) is 0. The van der Waals surface area contributed by atoms with Crippen molar-refractivity contribution >= 4 is 11.9 Å². The van der Waals surface area contributed by atoms with E-state index in [-0.39, 0.29) is 25.2 Å². The Kier molecular flexibility index (Phi) is 53.9. The lowest BCUT2D eigenvalue weighted by Crippen LogP contribution is -2.29. The molecule has 0 aliphatic rings. The first-order valence-corrected chi connectivity index (χ1v) is 28.1. The number of carbonyl (C=O) groups excluding carboxylic acids is 2. The Bertz CT molecular complexity index is 1220. The number of allylic oxidation sites excluding steroid dienone is 14. The van der Waals surface area contributed by atoms with E-state index in [1.54, 1.807) is 0 Å². The summed E-state index contributed by atoms with van der Waals surface area (Å²) in [6.45, 7) is 7.56. The molecule has 0 saturated carbocycles. The van der Waals surface area contributed by atoms with E-state index in [0.29, 0.717) is 19.4 Å². The van der Waals surface area contributed by atoms with Gasteiger partial charge in [0, 0.05) is 19.4 Å². The smallest absolute Gasteiger partial charge is 0.305 e. The number of unbranched alkanes of at least 4 members (excludes halogenated alkanes) is 26. The Hall–Kier alpha value is -2.92. The van der Waals surface area contributed by atoms with E-state index >= 15 is 0 Å². The average molecular weight is 920 g/mol. The highest BCUT2D eigenvalue weighted by atomic mass is 16.6. The Balaban J connectivity index is 4.34. The second-order valence-corrected chi connectivity index (χ2v) is 18.5. The maximum absolute atomic E-state index is 12.6. The van der Waals surface area contributed by atoms with Crippen LogP contribution in [-0.2, 0) is 23.8 Å². The van der Waals surface area contributed by atoms with Crippen molar-refractivity contribution in [3.63, 3.8) is 0 Å². The predicted molar refractivity (Wildman–Crippen MR) is 288 cm³/mol. The van der Waals surface area contributed by atoms with Crippen LogP contribution in [0.25, 0.3) is 0 Å². The molecule has 0 saturated heterocycles. The van der Waals surface area contributed by atoms with E-state index in [9.17, 15) is 9.59 Å². The monoisotopic (exact) mass is 919 g/mol. The summed E-state index contributed by atoms with van der Waals surface area (Å²) in [6, 6.07) is 0. The van der Waals surface area contributed by atoms with Crippen LogP contribution in [0.1, 0.15) is 265 Å². The van der Waals surface area contributed by atoms with Crippen LogP contribution >= 0.6 is 0 Å². The highest BCUT2D eigenvalue weighted by Crippen LogP contribution is 2.15. The number of ether oxygens (including phenoxy) is 3. The van der Waals surface area contributed by atoms with Gasteiger partial charge in [-0.15, -0.1) is 0 Å². The van der Waals surface area contributed by atoms with Gasteiger partial charge in [-0.2, -0.15) is 0 Å². The van der Waals surface area contributed by atoms with Crippen LogP contribution in [0.5, 0.6) is 0 Å². The third kappa shape index (κ3) is 53.7. The second-order valence-electron chi connectivity index (χ2n) is 18.5. The number of hydrogen-bond acceptors (Lipinski definition) is 5. The molecule has 5 heteroatoms. The molecule has 0 aromatic rings. The summed E-state index contributed by atoms with van der Waals surface area (Å²) in [6.07, 6.45) is 74.8. The van der Waals surface area contributed by atoms with E-state index in [1.807, 2.05) is 0 Å². The molecule has 5 nitrogen and oxygen atoms in total. The molecule has 380 valence electrons. The summed E-state index contributed by atoms with van der Waals surface area (Å²) in [4.78, 5) is 25.3. The molecule has 0 radical (unpaired) electrons. The molecular weight excluding hydrogens is 813 g/mol. The maximum Gasteiger partial charge on any atom is 0.305 e. The number of esters is 2. The van der Waals surface area contributed by atoms with Gasteiger partial charge in [0.25, 0.3) is 0 Å². The van der Waals surface area contributed by atoms with Crippen LogP contribution in [-0.4, -0.2) is 37.9 Å². The highest BCUT2D eigenvalue weighted by Gasteiger charge is 2.16. The van der Waals surface area contributed by atoms with Gasteiger partial charge in [0.15, 0.2) is 0 Å². The molecule has 0 aliphatic heterocycles. The molecule has 0 aliphatic carbocycles. The van der Waals surface area contributed by atoms with Gasteiger partial charge in [-0.3, -0.25) is 9.59 Å². The zero-order valence-electron chi connectivity index (χ0n) is 43.7. The summed E-state index contributed by atoms with van der Waals surface area (Å²) in [5.41, 5.74) is 0. The van der Waals surface area contributed by atoms with Crippen LogP contribution in [0.3, 0.4) is 0 Å². The molecule has 0 spiro atoms. The van der Waals surface area contributed by atoms with Gasteiger partial charge in [-0.1, -0.05) is 241 Å². The van der Waals surface area contributed by atoms with E-state index < -0.39 is 6.10 Å². The zero-order valence-corrected chi connectivity index (χ0v) is 43.7. The zero-order chi connectivity index (χ0) is 47.7. The number of carbonyl (C=O) groups is 2. The minimum atomic E-state index is -0.423. The lowest BCUT2D eigenvalue weighted by Gasteiger charge is -2.18. The Morgan fingerprint density at radius 1 is 0.333 bits per heavy atom. The first-order chi connectivity index (χ1) is 32.6. The van der Waals surface area contributed by atoms with Crippen LogP contribution < -0.4 is 0 Å². The lowest BCUT2D eigenvalue weighted by molar-refractivity contribution is -0.155. The molecule has 0 aromatic heterocycles. The van der Waals surface area contributed by atoms with Gasteiger partial charge >= 0.3 is 11.9 Å². The maximum atomic E-state index is 12.6. The Morgan fingerprint density at radius 3 is 1.02 bits per heavy atom. The number of rotatable bonds is 51. The summed E-state index contributed by atoms with van der Waals surface area (Å²) < 4.78 is 17.5. The van der Waals surface area contributed by atoms with Crippen molar-refractivity contribution in [2.75, 3.05) is 19.8 Å². The molecular formula is C61H106O5. The van der Waals surface area contributed by atoms with Crippen molar-refractivity contribution in [1.29, 1.82) is 0 Å². The Morgan fingerprint density at radius 2 is 0.621 bits per heavy atom. The minimum absolute atomic E-state index is 0.133. The van der Waals surface area contributed by atoms with E-state index in [2.05, 4.69) is 106 Å². The van der Waals surface area contributed by atoms with Gasteiger partial charge in [0.05, 0.1) is 0 Å². The average Bonchev–Trinajstić information content (AvgIpc) is 3.32. The highest BCUT2D eigenvalue weighted by molar-refractivity contribution is 5.69. The van der Waals surface area contributed by atoms with Crippen molar-refractivity contribution in [2.24, 2.45) is 0 Å². The van der Waals surface area contributed by atoms with Crippen molar-refractivity contribution < 1.29 is 23.8 Å². The van der Waals surface area contributed by atoms with Gasteiger partial charge in [-0.25, -0.2) is 0 Å². The van der Waals surface area contributed by atoms with Crippen molar-refractivity contribution in [1.82, 2.24) is 0 Å². The summed E-state index contributed by atoms with van der Waals surface area (Å²) in [5, 5.41) is 0. The topological polar surface area (TPSA) is 61.8 Å². The lowest BCUT2D eigenvalue weighted by atomic mass is 10.0. The molecule has 0 unspecified atom stereocenters. The second kappa shape index (κ2) is 56.4. The molecule has 0 rings (SSSR count). The molecule has 0 heterocycles. The van der Waals surface area contributed by atoms with Crippen molar-refractivity contribution in [3.8, 4) is 0 Å². The normalized spacial score (nSPS) is 12.8. The summed E-state index contributed by atoms with van der Waals surface area (Å²) >= 11 is 0.